The Labute approximate surface area is 121 Å². The van der Waals surface area contributed by atoms with Crippen LogP contribution in [0.1, 0.15) is 11.1 Å². The molecule has 0 aliphatic heterocycles. The zero-order chi connectivity index (χ0) is 14.4. The van der Waals surface area contributed by atoms with Crippen molar-refractivity contribution in [3.8, 4) is 5.75 Å². The largest absolute Gasteiger partial charge is 0.488 e. The van der Waals surface area contributed by atoms with E-state index < -0.39 is 4.92 Å². The summed E-state index contributed by atoms with van der Waals surface area (Å²) in [6.45, 7) is 0.309. The average Bonchev–Trinajstić information content (AvgIpc) is 2.45. The van der Waals surface area contributed by atoms with E-state index in [1.54, 1.807) is 24.3 Å². The molecular weight excluding hydrogens is 278 g/mol. The first-order valence-corrected chi connectivity index (χ1v) is 6.31. The van der Waals surface area contributed by atoms with Crippen molar-refractivity contribution in [1.29, 1.82) is 0 Å². The lowest BCUT2D eigenvalue weighted by molar-refractivity contribution is -0.400. The van der Waals surface area contributed by atoms with Gasteiger partial charge in [-0.25, -0.2) is 0 Å². The highest BCUT2D eigenvalue weighted by atomic mass is 35.5. The number of halogens is 1. The standard InChI is InChI=1S/C15H12ClNO3/c16-14-7-3-1-6-13(14)11-20-15-8-4-2-5-12(15)9-10-17(18)19/h1-10H,11H2/b10-9+. The second-order valence-electron chi connectivity index (χ2n) is 4.02. The third-order valence-corrected chi connectivity index (χ3v) is 3.00. The maximum atomic E-state index is 10.4. The Bertz CT molecular complexity index is 641. The Morgan fingerprint density at radius 1 is 1.15 bits per heavy atom. The number of rotatable bonds is 5. The Kier molecular flexibility index (Phi) is 4.74. The van der Waals surface area contributed by atoms with E-state index in [0.717, 1.165) is 11.8 Å². The van der Waals surface area contributed by atoms with E-state index in [0.29, 0.717) is 22.9 Å². The Balaban J connectivity index is 2.14. The highest BCUT2D eigenvalue weighted by Crippen LogP contribution is 2.22. The first-order valence-electron chi connectivity index (χ1n) is 5.94. The molecule has 0 amide bonds. The number of nitro groups is 1. The first kappa shape index (κ1) is 14.1. The molecule has 2 rings (SSSR count). The van der Waals surface area contributed by atoms with Crippen molar-refractivity contribution in [2.24, 2.45) is 0 Å². The van der Waals surface area contributed by atoms with Crippen molar-refractivity contribution in [3.05, 3.63) is 81.0 Å². The highest BCUT2D eigenvalue weighted by molar-refractivity contribution is 6.31. The van der Waals surface area contributed by atoms with Crippen LogP contribution in [0.2, 0.25) is 5.02 Å². The quantitative estimate of drug-likeness (QED) is 0.613. The summed E-state index contributed by atoms with van der Waals surface area (Å²) in [6.07, 6.45) is 2.29. The van der Waals surface area contributed by atoms with Crippen LogP contribution in [0.5, 0.6) is 5.75 Å². The summed E-state index contributed by atoms with van der Waals surface area (Å²) in [6, 6.07) is 14.5. The van der Waals surface area contributed by atoms with Gasteiger partial charge in [-0.15, -0.1) is 0 Å². The van der Waals surface area contributed by atoms with E-state index in [9.17, 15) is 10.1 Å². The van der Waals surface area contributed by atoms with Gasteiger partial charge >= 0.3 is 0 Å². The van der Waals surface area contributed by atoms with Gasteiger partial charge in [0.1, 0.15) is 12.4 Å². The van der Waals surface area contributed by atoms with Crippen LogP contribution in [-0.2, 0) is 6.61 Å². The van der Waals surface area contributed by atoms with Gasteiger partial charge in [0.05, 0.1) is 4.92 Å². The first-order chi connectivity index (χ1) is 9.66. The number of benzene rings is 2. The minimum absolute atomic E-state index is 0.309. The summed E-state index contributed by atoms with van der Waals surface area (Å²) in [5.41, 5.74) is 1.51. The Morgan fingerprint density at radius 2 is 1.85 bits per heavy atom. The van der Waals surface area contributed by atoms with Crippen molar-refractivity contribution in [1.82, 2.24) is 0 Å². The van der Waals surface area contributed by atoms with Gasteiger partial charge in [-0.1, -0.05) is 48.0 Å². The van der Waals surface area contributed by atoms with E-state index in [1.807, 2.05) is 24.3 Å². The van der Waals surface area contributed by atoms with Crippen LogP contribution in [0, 0.1) is 10.1 Å². The fourth-order valence-electron chi connectivity index (χ4n) is 1.66. The van der Waals surface area contributed by atoms with Crippen LogP contribution in [0.3, 0.4) is 0 Å². The SMILES string of the molecule is O=[N+]([O-])/C=C/c1ccccc1OCc1ccccc1Cl. The molecule has 2 aromatic rings. The van der Waals surface area contributed by atoms with Crippen LogP contribution >= 0.6 is 11.6 Å². The monoisotopic (exact) mass is 289 g/mol. The molecule has 0 bridgehead atoms. The molecule has 5 heteroatoms. The summed E-state index contributed by atoms with van der Waals surface area (Å²) in [4.78, 5) is 9.86. The van der Waals surface area contributed by atoms with Gasteiger partial charge in [0.2, 0.25) is 6.20 Å². The number of hydrogen-bond acceptors (Lipinski definition) is 3. The van der Waals surface area contributed by atoms with Crippen LogP contribution in [0.4, 0.5) is 0 Å². The third-order valence-electron chi connectivity index (χ3n) is 2.64. The topological polar surface area (TPSA) is 52.4 Å². The molecule has 2 aromatic carbocycles. The lowest BCUT2D eigenvalue weighted by atomic mass is 10.2. The molecule has 0 unspecified atom stereocenters. The maximum Gasteiger partial charge on any atom is 0.235 e. The minimum Gasteiger partial charge on any atom is -0.488 e. The van der Waals surface area contributed by atoms with Gasteiger partial charge in [0, 0.05) is 22.2 Å². The summed E-state index contributed by atoms with van der Waals surface area (Å²) in [5, 5.41) is 11.0. The van der Waals surface area contributed by atoms with E-state index in [-0.39, 0.29) is 0 Å². The second-order valence-corrected chi connectivity index (χ2v) is 4.43. The molecule has 0 N–H and O–H groups in total. The van der Waals surface area contributed by atoms with Gasteiger partial charge in [-0.3, -0.25) is 10.1 Å². The molecule has 0 radical (unpaired) electrons. The molecule has 0 spiro atoms. The number of ether oxygens (including phenoxy) is 1. The molecule has 102 valence electrons. The van der Waals surface area contributed by atoms with E-state index in [4.69, 9.17) is 16.3 Å². The second kappa shape index (κ2) is 6.73. The maximum absolute atomic E-state index is 10.4. The predicted octanol–water partition coefficient (Wildman–Crippen LogP) is 4.17. The van der Waals surface area contributed by atoms with Gasteiger partial charge < -0.3 is 4.74 Å². The Morgan fingerprint density at radius 3 is 2.60 bits per heavy atom. The predicted molar refractivity (Wildman–Crippen MR) is 78.3 cm³/mol. The molecule has 0 atom stereocenters. The number of para-hydroxylation sites is 1. The summed E-state index contributed by atoms with van der Waals surface area (Å²) in [5.74, 6) is 0.575. The number of hydrogen-bond donors (Lipinski definition) is 0. The molecule has 0 aromatic heterocycles. The molecule has 0 aliphatic rings. The van der Waals surface area contributed by atoms with E-state index in [1.165, 1.54) is 6.08 Å². The van der Waals surface area contributed by atoms with Crippen LogP contribution in [0.25, 0.3) is 6.08 Å². The fourth-order valence-corrected chi connectivity index (χ4v) is 1.85. The molecule has 0 heterocycles. The molecule has 0 fully saturated rings. The molecule has 0 saturated heterocycles. The van der Waals surface area contributed by atoms with Gasteiger partial charge in [-0.05, 0) is 12.1 Å². The summed E-state index contributed by atoms with van der Waals surface area (Å²) in [7, 11) is 0. The number of nitrogens with zero attached hydrogens (tertiary/aromatic N) is 1. The van der Waals surface area contributed by atoms with E-state index in [2.05, 4.69) is 0 Å². The molecule has 0 saturated carbocycles. The van der Waals surface area contributed by atoms with Gasteiger partial charge in [-0.2, -0.15) is 0 Å². The van der Waals surface area contributed by atoms with Gasteiger partial charge in [0.25, 0.3) is 0 Å². The molecule has 4 nitrogen and oxygen atoms in total. The Hall–Kier alpha value is -2.33. The van der Waals surface area contributed by atoms with Gasteiger partial charge in [0.15, 0.2) is 0 Å². The fraction of sp³-hybridized carbons (Fsp3) is 0.0667. The zero-order valence-electron chi connectivity index (χ0n) is 10.5. The zero-order valence-corrected chi connectivity index (χ0v) is 11.3. The van der Waals surface area contributed by atoms with Crippen molar-refractivity contribution < 1.29 is 9.66 Å². The molecule has 0 aliphatic carbocycles. The molecule has 20 heavy (non-hydrogen) atoms. The highest BCUT2D eigenvalue weighted by Gasteiger charge is 2.04. The third kappa shape index (κ3) is 3.83. The van der Waals surface area contributed by atoms with Crippen LogP contribution in [0.15, 0.2) is 54.7 Å². The van der Waals surface area contributed by atoms with Crippen LogP contribution < -0.4 is 4.74 Å². The normalized spacial score (nSPS) is 10.7. The van der Waals surface area contributed by atoms with Crippen molar-refractivity contribution >= 4 is 17.7 Å². The lowest BCUT2D eigenvalue weighted by Gasteiger charge is -2.09. The average molecular weight is 290 g/mol. The minimum atomic E-state index is -0.509. The summed E-state index contributed by atoms with van der Waals surface area (Å²) < 4.78 is 5.68. The molecular formula is C15H12ClNO3. The smallest absolute Gasteiger partial charge is 0.235 e. The van der Waals surface area contributed by atoms with Crippen molar-refractivity contribution in [2.45, 2.75) is 6.61 Å². The van der Waals surface area contributed by atoms with E-state index >= 15 is 0 Å². The summed E-state index contributed by atoms with van der Waals surface area (Å²) >= 11 is 6.05. The van der Waals surface area contributed by atoms with Crippen LogP contribution in [-0.4, -0.2) is 4.92 Å². The van der Waals surface area contributed by atoms with Crippen molar-refractivity contribution in [3.63, 3.8) is 0 Å². The van der Waals surface area contributed by atoms with Crippen molar-refractivity contribution in [2.75, 3.05) is 0 Å². The lowest BCUT2D eigenvalue weighted by Crippen LogP contribution is -1.97.